The molecule has 28 heavy (non-hydrogen) atoms. The number of carbonyl (C=O) groups is 2. The summed E-state index contributed by atoms with van der Waals surface area (Å²) in [5.74, 6) is -0.338. The molecule has 0 saturated heterocycles. The molecule has 1 aliphatic heterocycles. The topological polar surface area (TPSA) is 86.9 Å². The van der Waals surface area contributed by atoms with Gasteiger partial charge in [0.05, 0.1) is 19.1 Å². The molecule has 2 aromatic rings. The Morgan fingerprint density at radius 2 is 1.96 bits per heavy atom. The first kappa shape index (κ1) is 19.9. The van der Waals surface area contributed by atoms with Gasteiger partial charge in [-0.05, 0) is 41.7 Å². The molecule has 6 heteroatoms. The van der Waals surface area contributed by atoms with Crippen LogP contribution in [0.1, 0.15) is 36.1 Å². The van der Waals surface area contributed by atoms with Crippen LogP contribution in [-0.2, 0) is 16.0 Å². The van der Waals surface area contributed by atoms with E-state index >= 15 is 0 Å². The summed E-state index contributed by atoms with van der Waals surface area (Å²) >= 11 is 0. The summed E-state index contributed by atoms with van der Waals surface area (Å²) in [5, 5.41) is 9.85. The van der Waals surface area contributed by atoms with Gasteiger partial charge in [-0.1, -0.05) is 43.3 Å². The third-order valence-electron chi connectivity index (χ3n) is 5.10. The molecule has 1 atom stereocenters. The molecule has 2 amide bonds. The van der Waals surface area contributed by atoms with Crippen LogP contribution in [0, 0.1) is 0 Å². The van der Waals surface area contributed by atoms with Crippen LogP contribution >= 0.6 is 0 Å². The van der Waals surface area contributed by atoms with E-state index in [1.165, 1.54) is 4.90 Å². The molecule has 0 bridgehead atoms. The van der Waals surface area contributed by atoms with E-state index in [2.05, 4.69) is 17.0 Å². The van der Waals surface area contributed by atoms with Crippen molar-refractivity contribution in [3.05, 3.63) is 65.2 Å². The summed E-state index contributed by atoms with van der Waals surface area (Å²) in [4.78, 5) is 27.9. The van der Waals surface area contributed by atoms with Crippen molar-refractivity contribution < 1.29 is 14.7 Å². The van der Waals surface area contributed by atoms with Gasteiger partial charge in [0, 0.05) is 13.1 Å². The van der Waals surface area contributed by atoms with Crippen LogP contribution in [0.4, 0.5) is 0 Å². The maximum Gasteiger partial charge on any atom is 0.237 e. The van der Waals surface area contributed by atoms with Gasteiger partial charge in [0.1, 0.15) is 5.75 Å². The first-order valence-corrected chi connectivity index (χ1v) is 9.66. The minimum Gasteiger partial charge on any atom is -0.508 e. The molecule has 1 aliphatic rings. The second-order valence-electron chi connectivity index (χ2n) is 7.20. The number of rotatable bonds is 7. The Bertz CT molecular complexity index is 838. The predicted octanol–water partition coefficient (Wildman–Crippen LogP) is 2.06. The highest BCUT2D eigenvalue weighted by molar-refractivity contribution is 5.85. The van der Waals surface area contributed by atoms with Gasteiger partial charge in [-0.15, -0.1) is 0 Å². The van der Waals surface area contributed by atoms with E-state index in [0.29, 0.717) is 13.1 Å². The van der Waals surface area contributed by atoms with Crippen molar-refractivity contribution >= 4 is 11.8 Å². The number of amides is 2. The monoisotopic (exact) mass is 381 g/mol. The Labute approximate surface area is 165 Å². The van der Waals surface area contributed by atoms with Crippen LogP contribution in [0.3, 0.4) is 0 Å². The van der Waals surface area contributed by atoms with E-state index in [0.717, 1.165) is 29.5 Å². The average Bonchev–Trinajstić information content (AvgIpc) is 2.68. The quantitative estimate of drug-likeness (QED) is 0.769. The lowest BCUT2D eigenvalue weighted by atomic mass is 9.88. The summed E-state index contributed by atoms with van der Waals surface area (Å²) in [5.41, 5.74) is 8.61. The minimum absolute atomic E-state index is 0.0546. The molecule has 6 nitrogen and oxygen atoms in total. The molecule has 3 N–H and O–H groups in total. The fourth-order valence-electron chi connectivity index (χ4n) is 3.89. The number of benzene rings is 2. The van der Waals surface area contributed by atoms with Gasteiger partial charge in [0.2, 0.25) is 11.8 Å². The smallest absolute Gasteiger partial charge is 0.237 e. The highest BCUT2D eigenvalue weighted by Crippen LogP contribution is 2.36. The second kappa shape index (κ2) is 8.89. The molecule has 3 rings (SSSR count). The van der Waals surface area contributed by atoms with Crippen LogP contribution in [0.2, 0.25) is 0 Å². The number of hydrogen-bond donors (Lipinski definition) is 2. The van der Waals surface area contributed by atoms with E-state index in [-0.39, 0.29) is 30.8 Å². The second-order valence-corrected chi connectivity index (χ2v) is 7.20. The van der Waals surface area contributed by atoms with Crippen molar-refractivity contribution in [2.45, 2.75) is 25.8 Å². The first-order valence-electron chi connectivity index (χ1n) is 9.66. The van der Waals surface area contributed by atoms with Crippen molar-refractivity contribution in [3.8, 4) is 5.75 Å². The summed E-state index contributed by atoms with van der Waals surface area (Å²) in [6.45, 7) is 3.33. The normalized spacial score (nSPS) is 16.4. The largest absolute Gasteiger partial charge is 0.508 e. The van der Waals surface area contributed by atoms with Gasteiger partial charge in [0.15, 0.2) is 0 Å². The third kappa shape index (κ3) is 4.51. The SMILES string of the molecule is CCCN(CC(N)=O)C(=O)CN1CCc2cc(O)ccc2C1c1ccccc1. The Hall–Kier alpha value is -2.86. The van der Waals surface area contributed by atoms with Gasteiger partial charge in [-0.25, -0.2) is 0 Å². The van der Waals surface area contributed by atoms with E-state index < -0.39 is 5.91 Å². The first-order chi connectivity index (χ1) is 13.5. The average molecular weight is 381 g/mol. The number of phenolic OH excluding ortho intramolecular Hbond substituents is 1. The predicted molar refractivity (Wildman–Crippen MR) is 108 cm³/mol. The maximum absolute atomic E-state index is 12.9. The number of nitrogens with zero attached hydrogens (tertiary/aromatic N) is 2. The van der Waals surface area contributed by atoms with Crippen molar-refractivity contribution in [1.29, 1.82) is 0 Å². The Balaban J connectivity index is 1.89. The summed E-state index contributed by atoms with van der Waals surface area (Å²) in [6.07, 6.45) is 1.52. The van der Waals surface area contributed by atoms with Gasteiger partial charge in [-0.3, -0.25) is 14.5 Å². The zero-order chi connectivity index (χ0) is 20.1. The highest BCUT2D eigenvalue weighted by atomic mass is 16.3. The molecule has 148 valence electrons. The van der Waals surface area contributed by atoms with Gasteiger partial charge in [-0.2, -0.15) is 0 Å². The Morgan fingerprint density at radius 1 is 1.21 bits per heavy atom. The number of primary amides is 1. The van der Waals surface area contributed by atoms with Crippen molar-refractivity contribution in [3.63, 3.8) is 0 Å². The van der Waals surface area contributed by atoms with Crippen LogP contribution < -0.4 is 5.73 Å². The van der Waals surface area contributed by atoms with Crippen LogP contribution in [0.25, 0.3) is 0 Å². The molecule has 2 aromatic carbocycles. The lowest BCUT2D eigenvalue weighted by molar-refractivity contribution is -0.136. The number of nitrogens with two attached hydrogens (primary N) is 1. The maximum atomic E-state index is 12.9. The number of fused-ring (bicyclic) bond motifs is 1. The summed E-state index contributed by atoms with van der Waals surface area (Å²) in [7, 11) is 0. The minimum atomic E-state index is -0.499. The molecule has 0 aliphatic carbocycles. The van der Waals surface area contributed by atoms with E-state index in [9.17, 15) is 14.7 Å². The standard InChI is InChI=1S/C22H27N3O3/c1-2-11-24(14-20(23)27)21(28)15-25-12-10-17-13-18(26)8-9-19(17)22(25)16-6-4-3-5-7-16/h3-9,13,22,26H,2,10-12,14-15H2,1H3,(H2,23,27). The Kier molecular flexibility index (Phi) is 6.31. The fraction of sp³-hybridized carbons (Fsp3) is 0.364. The van der Waals surface area contributed by atoms with E-state index in [1.54, 1.807) is 12.1 Å². The zero-order valence-electron chi connectivity index (χ0n) is 16.2. The molecule has 0 fully saturated rings. The van der Waals surface area contributed by atoms with Crippen molar-refractivity contribution in [1.82, 2.24) is 9.80 Å². The molecule has 0 aromatic heterocycles. The number of hydrogen-bond acceptors (Lipinski definition) is 4. The van der Waals surface area contributed by atoms with E-state index in [1.807, 2.05) is 31.2 Å². The molecule has 1 unspecified atom stereocenters. The molecule has 0 radical (unpaired) electrons. The van der Waals surface area contributed by atoms with Crippen molar-refractivity contribution in [2.75, 3.05) is 26.2 Å². The molecule has 1 heterocycles. The van der Waals surface area contributed by atoms with Crippen molar-refractivity contribution in [2.24, 2.45) is 5.73 Å². The summed E-state index contributed by atoms with van der Waals surface area (Å²) < 4.78 is 0. The number of carbonyl (C=O) groups excluding carboxylic acids is 2. The number of phenols is 1. The van der Waals surface area contributed by atoms with Crippen LogP contribution in [-0.4, -0.2) is 52.9 Å². The molecular weight excluding hydrogens is 354 g/mol. The van der Waals surface area contributed by atoms with E-state index in [4.69, 9.17) is 5.73 Å². The van der Waals surface area contributed by atoms with Gasteiger partial charge in [0.25, 0.3) is 0 Å². The fourth-order valence-corrected chi connectivity index (χ4v) is 3.89. The van der Waals surface area contributed by atoms with Crippen LogP contribution in [0.5, 0.6) is 5.75 Å². The molecule has 0 saturated carbocycles. The number of aromatic hydroxyl groups is 1. The molecular formula is C22H27N3O3. The van der Waals surface area contributed by atoms with Crippen LogP contribution in [0.15, 0.2) is 48.5 Å². The third-order valence-corrected chi connectivity index (χ3v) is 5.10. The van der Waals surface area contributed by atoms with Gasteiger partial charge < -0.3 is 15.7 Å². The lowest BCUT2D eigenvalue weighted by Crippen LogP contribution is -2.47. The van der Waals surface area contributed by atoms with Gasteiger partial charge >= 0.3 is 0 Å². The summed E-state index contributed by atoms with van der Waals surface area (Å²) in [6, 6.07) is 15.4. The lowest BCUT2D eigenvalue weighted by Gasteiger charge is -2.38. The zero-order valence-corrected chi connectivity index (χ0v) is 16.2. The molecule has 0 spiro atoms. The Morgan fingerprint density at radius 3 is 2.64 bits per heavy atom. The highest BCUT2D eigenvalue weighted by Gasteiger charge is 2.31.